The number of ether oxygens (including phenoxy) is 2. The molecule has 1 saturated heterocycles. The molecule has 150 valence electrons. The lowest BCUT2D eigenvalue weighted by molar-refractivity contribution is -0.149. The van der Waals surface area contributed by atoms with Gasteiger partial charge >= 0.3 is 0 Å². The number of carbonyl (C=O) groups excluding carboxylic acids is 1. The molecule has 1 aliphatic carbocycles. The Bertz CT molecular complexity index is 787. The second kappa shape index (κ2) is 8.73. The smallest absolute Gasteiger partial charge is 0.226 e. The molecule has 1 amide bonds. The molecule has 2 aliphatic rings. The summed E-state index contributed by atoms with van der Waals surface area (Å²) >= 11 is 0. The predicted octanol–water partition coefficient (Wildman–Crippen LogP) is 3.24. The Morgan fingerprint density at radius 2 is 2.07 bits per heavy atom. The molecule has 2 aromatic rings. The quantitative estimate of drug-likeness (QED) is 0.760. The third-order valence-corrected chi connectivity index (χ3v) is 5.65. The van der Waals surface area contributed by atoms with Crippen LogP contribution in [0.4, 0.5) is 0 Å². The topological polar surface area (TPSA) is 77.7 Å². The van der Waals surface area contributed by atoms with Crippen LogP contribution in [0.25, 0.3) is 11.4 Å². The molecule has 0 unspecified atom stereocenters. The molecule has 2 atom stereocenters. The van der Waals surface area contributed by atoms with Gasteiger partial charge in [-0.05, 0) is 43.5 Å². The first-order chi connectivity index (χ1) is 13.7. The molecule has 1 aliphatic heterocycles. The van der Waals surface area contributed by atoms with Crippen molar-refractivity contribution in [3.05, 3.63) is 30.2 Å². The molecule has 0 radical (unpaired) electrons. The number of morpholine rings is 1. The van der Waals surface area contributed by atoms with Crippen molar-refractivity contribution in [1.82, 2.24) is 15.0 Å². The van der Waals surface area contributed by atoms with E-state index < -0.39 is 0 Å². The van der Waals surface area contributed by atoms with Crippen LogP contribution in [0.1, 0.15) is 44.4 Å². The molecule has 1 aromatic carbocycles. The Kier molecular flexibility index (Phi) is 5.90. The molecule has 0 bridgehead atoms. The fourth-order valence-corrected chi connectivity index (χ4v) is 4.15. The highest BCUT2D eigenvalue weighted by Gasteiger charge is 2.36. The van der Waals surface area contributed by atoms with Crippen molar-refractivity contribution in [3.63, 3.8) is 0 Å². The molecule has 0 spiro atoms. The molecular formula is C21H27N3O4. The number of rotatable bonds is 6. The maximum Gasteiger partial charge on any atom is 0.226 e. The lowest BCUT2D eigenvalue weighted by Crippen LogP contribution is -2.54. The zero-order chi connectivity index (χ0) is 19.3. The van der Waals surface area contributed by atoms with Crippen molar-refractivity contribution < 1.29 is 18.8 Å². The van der Waals surface area contributed by atoms with E-state index in [1.165, 1.54) is 12.8 Å². The monoisotopic (exact) mass is 385 g/mol. The minimum absolute atomic E-state index is 0.218. The molecule has 2 fully saturated rings. The Balaban J connectivity index is 1.29. The summed E-state index contributed by atoms with van der Waals surface area (Å²) in [4.78, 5) is 19.2. The number of aromatic nitrogens is 2. The van der Waals surface area contributed by atoms with E-state index in [1.807, 2.05) is 29.2 Å². The van der Waals surface area contributed by atoms with E-state index in [9.17, 15) is 4.79 Å². The summed E-state index contributed by atoms with van der Waals surface area (Å²) in [6.07, 6.45) is 6.57. The molecular weight excluding hydrogens is 358 g/mol. The van der Waals surface area contributed by atoms with Crippen molar-refractivity contribution >= 4 is 5.91 Å². The fourth-order valence-electron chi connectivity index (χ4n) is 4.15. The van der Waals surface area contributed by atoms with Crippen molar-refractivity contribution in [2.24, 2.45) is 0 Å². The number of methoxy groups -OCH3 is 1. The van der Waals surface area contributed by atoms with Gasteiger partial charge < -0.3 is 18.9 Å². The van der Waals surface area contributed by atoms with Crippen molar-refractivity contribution in [2.45, 2.75) is 57.1 Å². The molecule has 0 N–H and O–H groups in total. The van der Waals surface area contributed by atoms with Gasteiger partial charge in [0.25, 0.3) is 0 Å². The SMILES string of the molecule is COc1ccc(-c2noc(CCCC(=O)N3CCO[C@@H]4CCCC[C@@H]43)n2)cc1. The van der Waals surface area contributed by atoms with Crippen LogP contribution in [0.2, 0.25) is 0 Å². The number of aryl methyl sites for hydroxylation is 1. The summed E-state index contributed by atoms with van der Waals surface area (Å²) in [5.41, 5.74) is 0.878. The average Bonchev–Trinajstić information content (AvgIpc) is 3.22. The first-order valence-electron chi connectivity index (χ1n) is 10.1. The van der Waals surface area contributed by atoms with Gasteiger partial charge in [0.2, 0.25) is 17.6 Å². The summed E-state index contributed by atoms with van der Waals surface area (Å²) in [5.74, 6) is 2.13. The van der Waals surface area contributed by atoms with Gasteiger partial charge in [-0.2, -0.15) is 4.98 Å². The van der Waals surface area contributed by atoms with Crippen molar-refractivity contribution in [1.29, 1.82) is 0 Å². The van der Waals surface area contributed by atoms with E-state index in [2.05, 4.69) is 10.1 Å². The number of fused-ring (bicyclic) bond motifs is 1. The Labute approximate surface area is 165 Å². The maximum atomic E-state index is 12.7. The van der Waals surface area contributed by atoms with Crippen LogP contribution in [0, 0.1) is 0 Å². The Morgan fingerprint density at radius 1 is 1.25 bits per heavy atom. The molecule has 4 rings (SSSR count). The number of nitrogens with zero attached hydrogens (tertiary/aromatic N) is 3. The third-order valence-electron chi connectivity index (χ3n) is 5.65. The fraction of sp³-hybridized carbons (Fsp3) is 0.571. The molecule has 2 heterocycles. The van der Waals surface area contributed by atoms with E-state index in [0.29, 0.717) is 44.1 Å². The van der Waals surface area contributed by atoms with E-state index in [-0.39, 0.29) is 18.1 Å². The van der Waals surface area contributed by atoms with Crippen LogP contribution >= 0.6 is 0 Å². The lowest BCUT2D eigenvalue weighted by atomic mass is 9.90. The van der Waals surface area contributed by atoms with Crippen LogP contribution in [-0.2, 0) is 16.0 Å². The Hall–Kier alpha value is -2.41. The average molecular weight is 385 g/mol. The first-order valence-corrected chi connectivity index (χ1v) is 10.1. The van der Waals surface area contributed by atoms with Crippen LogP contribution in [0.3, 0.4) is 0 Å². The normalized spacial score (nSPS) is 22.0. The highest BCUT2D eigenvalue weighted by molar-refractivity contribution is 5.76. The van der Waals surface area contributed by atoms with Gasteiger partial charge in [0.05, 0.1) is 25.9 Å². The van der Waals surface area contributed by atoms with Crippen molar-refractivity contribution in [3.8, 4) is 17.1 Å². The second-order valence-corrected chi connectivity index (χ2v) is 7.44. The summed E-state index contributed by atoms with van der Waals surface area (Å²) in [6, 6.07) is 7.79. The molecule has 7 nitrogen and oxygen atoms in total. The third kappa shape index (κ3) is 4.19. The second-order valence-electron chi connectivity index (χ2n) is 7.44. The summed E-state index contributed by atoms with van der Waals surface area (Å²) in [7, 11) is 1.63. The largest absolute Gasteiger partial charge is 0.497 e. The van der Waals surface area contributed by atoms with Crippen LogP contribution in [0.15, 0.2) is 28.8 Å². The van der Waals surface area contributed by atoms with Crippen LogP contribution in [0.5, 0.6) is 5.75 Å². The van der Waals surface area contributed by atoms with E-state index in [4.69, 9.17) is 14.0 Å². The van der Waals surface area contributed by atoms with E-state index in [0.717, 1.165) is 24.2 Å². The minimum Gasteiger partial charge on any atom is -0.497 e. The summed E-state index contributed by atoms with van der Waals surface area (Å²) in [5, 5.41) is 4.04. The maximum absolute atomic E-state index is 12.7. The highest BCUT2D eigenvalue weighted by atomic mass is 16.5. The van der Waals surface area contributed by atoms with Gasteiger partial charge in [0, 0.05) is 24.9 Å². The zero-order valence-corrected chi connectivity index (χ0v) is 16.3. The number of carbonyl (C=O) groups is 1. The highest BCUT2D eigenvalue weighted by Crippen LogP contribution is 2.29. The predicted molar refractivity (Wildman–Crippen MR) is 103 cm³/mol. The standard InChI is InChI=1S/C21H27N3O4/c1-26-16-11-9-15(10-12-16)21-22-19(28-23-21)7-4-8-20(25)24-13-14-27-18-6-3-2-5-17(18)24/h9-12,17-18H,2-8,13-14H2,1H3/t17-,18+/m0/s1. The first kappa shape index (κ1) is 18.9. The van der Waals surface area contributed by atoms with Gasteiger partial charge in [-0.25, -0.2) is 0 Å². The molecule has 1 saturated carbocycles. The van der Waals surface area contributed by atoms with E-state index in [1.54, 1.807) is 7.11 Å². The lowest BCUT2D eigenvalue weighted by Gasteiger charge is -2.43. The number of hydrogen-bond donors (Lipinski definition) is 0. The van der Waals surface area contributed by atoms with Gasteiger partial charge in [-0.1, -0.05) is 18.0 Å². The zero-order valence-electron chi connectivity index (χ0n) is 16.3. The van der Waals surface area contributed by atoms with Crippen molar-refractivity contribution in [2.75, 3.05) is 20.3 Å². The van der Waals surface area contributed by atoms with Gasteiger partial charge in [-0.15, -0.1) is 0 Å². The minimum atomic E-state index is 0.218. The number of benzene rings is 1. The van der Waals surface area contributed by atoms with Gasteiger partial charge in [-0.3, -0.25) is 4.79 Å². The number of hydrogen-bond acceptors (Lipinski definition) is 6. The van der Waals surface area contributed by atoms with Gasteiger partial charge in [0.1, 0.15) is 5.75 Å². The number of amides is 1. The van der Waals surface area contributed by atoms with Crippen LogP contribution in [-0.4, -0.2) is 53.4 Å². The van der Waals surface area contributed by atoms with E-state index >= 15 is 0 Å². The van der Waals surface area contributed by atoms with Crippen LogP contribution < -0.4 is 4.74 Å². The molecule has 7 heteroatoms. The molecule has 1 aromatic heterocycles. The van der Waals surface area contributed by atoms with Gasteiger partial charge in [0.15, 0.2) is 0 Å². The Morgan fingerprint density at radius 3 is 2.89 bits per heavy atom. The summed E-state index contributed by atoms with van der Waals surface area (Å²) < 4.78 is 16.4. The summed E-state index contributed by atoms with van der Waals surface area (Å²) in [6.45, 7) is 1.37. The molecule has 28 heavy (non-hydrogen) atoms.